The molecule has 1 aliphatic heterocycles. The smallest absolute Gasteiger partial charge is 0.300 e. The fourth-order valence-corrected chi connectivity index (χ4v) is 1.87. The first-order valence-corrected chi connectivity index (χ1v) is 6.01. The molecule has 0 unspecified atom stereocenters. The van der Waals surface area contributed by atoms with Gasteiger partial charge in [0.1, 0.15) is 0 Å². The number of rotatable bonds is 3. The third-order valence-corrected chi connectivity index (χ3v) is 2.81. The maximum atomic E-state index is 12.1. The molecule has 2 heterocycles. The number of hydrogen-bond donors (Lipinski definition) is 2. The van der Waals surface area contributed by atoms with Gasteiger partial charge in [0, 0.05) is 6.54 Å². The van der Waals surface area contributed by atoms with Crippen molar-refractivity contribution >= 4 is 11.6 Å². The highest BCUT2D eigenvalue weighted by Gasteiger charge is 2.24. The first-order chi connectivity index (χ1) is 8.24. The van der Waals surface area contributed by atoms with E-state index in [0.29, 0.717) is 18.8 Å². The van der Waals surface area contributed by atoms with Crippen LogP contribution in [0.3, 0.4) is 0 Å². The van der Waals surface area contributed by atoms with Crippen LogP contribution in [0.25, 0.3) is 0 Å². The van der Waals surface area contributed by atoms with Crippen molar-refractivity contribution in [2.45, 2.75) is 32.6 Å². The number of aromatic amines is 1. The van der Waals surface area contributed by atoms with Gasteiger partial charge in [-0.05, 0) is 19.3 Å². The van der Waals surface area contributed by atoms with E-state index < -0.39 is 0 Å². The highest BCUT2D eigenvalue weighted by molar-refractivity contribution is 5.97. The maximum Gasteiger partial charge on any atom is 0.300 e. The highest BCUT2D eigenvalue weighted by Crippen LogP contribution is 2.19. The summed E-state index contributed by atoms with van der Waals surface area (Å²) in [6.45, 7) is 3.24. The van der Waals surface area contributed by atoms with Crippen LogP contribution in [-0.2, 0) is 11.3 Å². The Morgan fingerprint density at radius 3 is 3.06 bits per heavy atom. The predicted octanol–water partition coefficient (Wildman–Crippen LogP) is 1.11. The first kappa shape index (κ1) is 11.9. The Morgan fingerprint density at radius 2 is 2.41 bits per heavy atom. The van der Waals surface area contributed by atoms with Crippen molar-refractivity contribution in [3.05, 3.63) is 11.4 Å². The van der Waals surface area contributed by atoms with Crippen LogP contribution < -0.4 is 5.73 Å². The molecule has 0 radical (unpaired) electrons. The van der Waals surface area contributed by atoms with E-state index in [1.54, 1.807) is 0 Å². The number of nitrogens with one attached hydrogen (secondary N) is 1. The molecule has 0 bridgehead atoms. The summed E-state index contributed by atoms with van der Waals surface area (Å²) >= 11 is 0. The van der Waals surface area contributed by atoms with Crippen molar-refractivity contribution in [2.75, 3.05) is 18.9 Å². The van der Waals surface area contributed by atoms with E-state index in [-0.39, 0.29) is 11.6 Å². The van der Waals surface area contributed by atoms with E-state index in [9.17, 15) is 4.79 Å². The van der Waals surface area contributed by atoms with Crippen LogP contribution >= 0.6 is 0 Å². The van der Waals surface area contributed by atoms with E-state index in [2.05, 4.69) is 17.1 Å². The molecule has 0 spiro atoms. The van der Waals surface area contributed by atoms with E-state index in [1.165, 1.54) is 5.06 Å². The Labute approximate surface area is 100 Å². The summed E-state index contributed by atoms with van der Waals surface area (Å²) in [7, 11) is 0. The molecule has 3 N–H and O–H groups in total. The zero-order valence-corrected chi connectivity index (χ0v) is 10.0. The molecule has 1 aromatic heterocycles. The number of carbonyl (C=O) groups excluding carboxylic acids is 1. The van der Waals surface area contributed by atoms with Gasteiger partial charge in [0.2, 0.25) is 0 Å². The molecule has 17 heavy (non-hydrogen) atoms. The van der Waals surface area contributed by atoms with Crippen LogP contribution in [0.15, 0.2) is 0 Å². The molecule has 1 aliphatic rings. The molecule has 1 amide bonds. The average Bonchev–Trinajstić information content (AvgIpc) is 2.72. The predicted molar refractivity (Wildman–Crippen MR) is 63.2 cm³/mol. The Bertz CT molecular complexity index is 396. The Kier molecular flexibility index (Phi) is 3.63. The monoisotopic (exact) mass is 238 g/mol. The number of aryl methyl sites for hydroxylation is 1. The zero-order chi connectivity index (χ0) is 12.3. The second-order valence-corrected chi connectivity index (χ2v) is 4.16. The van der Waals surface area contributed by atoms with Gasteiger partial charge in [0.05, 0.1) is 18.0 Å². The number of nitrogens with two attached hydrogens (primary N) is 1. The number of carbonyl (C=O) groups is 1. The minimum atomic E-state index is -0.249. The van der Waals surface area contributed by atoms with Crippen LogP contribution in [0.2, 0.25) is 0 Å². The molecule has 0 aliphatic carbocycles. The molecular formula is C11H18N4O2. The van der Waals surface area contributed by atoms with Crippen LogP contribution in [0.5, 0.6) is 0 Å². The van der Waals surface area contributed by atoms with Gasteiger partial charge in [-0.15, -0.1) is 0 Å². The van der Waals surface area contributed by atoms with Crippen molar-refractivity contribution in [1.29, 1.82) is 0 Å². The van der Waals surface area contributed by atoms with Gasteiger partial charge in [-0.1, -0.05) is 13.3 Å². The molecule has 94 valence electrons. The lowest BCUT2D eigenvalue weighted by molar-refractivity contribution is -0.144. The number of hydroxylamine groups is 2. The number of H-pyrrole nitrogens is 1. The lowest BCUT2D eigenvalue weighted by Gasteiger charge is -2.25. The van der Waals surface area contributed by atoms with E-state index >= 15 is 0 Å². The van der Waals surface area contributed by atoms with E-state index in [0.717, 1.165) is 31.4 Å². The summed E-state index contributed by atoms with van der Waals surface area (Å²) in [6.07, 6.45) is 3.70. The molecule has 1 fully saturated rings. The fourth-order valence-electron chi connectivity index (χ4n) is 1.87. The molecular weight excluding hydrogens is 220 g/mol. The largest absolute Gasteiger partial charge is 0.395 e. The van der Waals surface area contributed by atoms with Crippen LogP contribution in [0, 0.1) is 0 Å². The number of amides is 1. The molecule has 0 atom stereocenters. The summed E-state index contributed by atoms with van der Waals surface area (Å²) in [6, 6.07) is 0. The van der Waals surface area contributed by atoms with Gasteiger partial charge >= 0.3 is 0 Å². The van der Waals surface area contributed by atoms with Crippen molar-refractivity contribution < 1.29 is 9.63 Å². The fraction of sp³-hybridized carbons (Fsp3) is 0.636. The number of nitrogens with zero attached hydrogens (tertiary/aromatic N) is 2. The first-order valence-electron chi connectivity index (χ1n) is 6.01. The van der Waals surface area contributed by atoms with Gasteiger partial charge in [0.25, 0.3) is 5.91 Å². The van der Waals surface area contributed by atoms with Gasteiger partial charge in [-0.3, -0.25) is 14.7 Å². The van der Waals surface area contributed by atoms with Gasteiger partial charge < -0.3 is 5.73 Å². The summed E-state index contributed by atoms with van der Waals surface area (Å²) < 4.78 is 0. The molecule has 2 rings (SSSR count). The molecule has 0 aromatic carbocycles. The van der Waals surface area contributed by atoms with Crippen molar-refractivity contribution in [2.24, 2.45) is 0 Å². The summed E-state index contributed by atoms with van der Waals surface area (Å²) in [5.74, 6) is -0.249. The van der Waals surface area contributed by atoms with E-state index in [4.69, 9.17) is 10.6 Å². The minimum Gasteiger partial charge on any atom is -0.395 e. The third kappa shape index (κ3) is 2.41. The van der Waals surface area contributed by atoms with Crippen molar-refractivity contribution in [3.63, 3.8) is 0 Å². The molecule has 1 aromatic rings. The second-order valence-electron chi connectivity index (χ2n) is 4.16. The zero-order valence-electron chi connectivity index (χ0n) is 10.0. The van der Waals surface area contributed by atoms with Crippen LogP contribution in [0.1, 0.15) is 42.4 Å². The quantitative estimate of drug-likeness (QED) is 0.826. The summed E-state index contributed by atoms with van der Waals surface area (Å²) in [5.41, 5.74) is 7.45. The maximum absolute atomic E-state index is 12.1. The van der Waals surface area contributed by atoms with Crippen molar-refractivity contribution in [3.8, 4) is 0 Å². The standard InChI is InChI=1S/C11H18N4O2/c1-2-5-8-9(12)10(14-13-8)11(16)15-6-3-4-7-17-15/h2-7,12H2,1H3,(H,13,14). The Hall–Kier alpha value is -1.56. The van der Waals surface area contributed by atoms with Gasteiger partial charge in [0.15, 0.2) is 5.69 Å². The van der Waals surface area contributed by atoms with E-state index in [1.807, 2.05) is 0 Å². The number of hydrogen-bond acceptors (Lipinski definition) is 4. The number of anilines is 1. The summed E-state index contributed by atoms with van der Waals surface area (Å²) in [5, 5.41) is 8.16. The number of nitrogen functional groups attached to an aromatic ring is 1. The van der Waals surface area contributed by atoms with Crippen LogP contribution in [-0.4, -0.2) is 34.3 Å². The Morgan fingerprint density at radius 1 is 1.59 bits per heavy atom. The Balaban J connectivity index is 2.13. The van der Waals surface area contributed by atoms with Gasteiger partial charge in [-0.2, -0.15) is 5.10 Å². The minimum absolute atomic E-state index is 0.249. The number of aromatic nitrogens is 2. The molecule has 6 nitrogen and oxygen atoms in total. The topological polar surface area (TPSA) is 84.2 Å². The van der Waals surface area contributed by atoms with Gasteiger partial charge in [-0.25, -0.2) is 5.06 Å². The average molecular weight is 238 g/mol. The molecule has 0 saturated carbocycles. The third-order valence-electron chi connectivity index (χ3n) is 2.81. The lowest BCUT2D eigenvalue weighted by atomic mass is 10.2. The SMILES string of the molecule is CCCc1[nH]nc(C(=O)N2CCCCO2)c1N. The lowest BCUT2D eigenvalue weighted by Crippen LogP contribution is -2.36. The highest BCUT2D eigenvalue weighted by atomic mass is 16.7. The van der Waals surface area contributed by atoms with Crippen LogP contribution in [0.4, 0.5) is 5.69 Å². The molecule has 1 saturated heterocycles. The van der Waals surface area contributed by atoms with Crippen molar-refractivity contribution in [1.82, 2.24) is 15.3 Å². The normalized spacial score (nSPS) is 16.2. The second kappa shape index (κ2) is 5.18. The molecule has 6 heteroatoms. The summed E-state index contributed by atoms with van der Waals surface area (Å²) in [4.78, 5) is 17.4.